The van der Waals surface area contributed by atoms with Gasteiger partial charge in [0.05, 0.1) is 0 Å². The van der Waals surface area contributed by atoms with E-state index in [2.05, 4.69) is 6.58 Å². The summed E-state index contributed by atoms with van der Waals surface area (Å²) in [4.78, 5) is 38.2. The van der Waals surface area contributed by atoms with E-state index >= 15 is 0 Å². The summed E-state index contributed by atoms with van der Waals surface area (Å²) < 4.78 is 0. The summed E-state index contributed by atoms with van der Waals surface area (Å²) in [7, 11) is 2.79. The molecule has 0 bridgehead atoms. The maximum absolute atomic E-state index is 12.3. The van der Waals surface area contributed by atoms with Crippen LogP contribution < -0.4 is 0 Å². The second kappa shape index (κ2) is 4.31. The van der Waals surface area contributed by atoms with Crippen LogP contribution >= 0.6 is 0 Å². The van der Waals surface area contributed by atoms with Gasteiger partial charge in [0.1, 0.15) is 5.41 Å². The van der Waals surface area contributed by atoms with E-state index in [1.54, 1.807) is 19.9 Å². The molecule has 0 aliphatic carbocycles. The molecule has 1 fully saturated rings. The Kier molecular flexibility index (Phi) is 3.40. The van der Waals surface area contributed by atoms with Crippen LogP contribution in [0.25, 0.3) is 0 Å². The predicted octanol–water partition coefficient (Wildman–Crippen LogP) is 1.26. The molecule has 1 aliphatic heterocycles. The van der Waals surface area contributed by atoms with Gasteiger partial charge in [0.2, 0.25) is 11.8 Å². The molecule has 1 aliphatic rings. The van der Waals surface area contributed by atoms with Gasteiger partial charge in [-0.1, -0.05) is 19.9 Å². The molecule has 0 radical (unpaired) electrons. The van der Waals surface area contributed by atoms with Crippen molar-refractivity contribution in [2.24, 2.45) is 11.3 Å². The molecule has 0 spiro atoms. The molecule has 0 aromatic heterocycles. The third-order valence-corrected chi connectivity index (χ3v) is 3.40. The van der Waals surface area contributed by atoms with E-state index in [-0.39, 0.29) is 12.3 Å². The second-order valence-corrected chi connectivity index (χ2v) is 4.63. The molecule has 0 saturated carbocycles. The molecule has 1 rings (SSSR count). The van der Waals surface area contributed by atoms with Crippen LogP contribution in [0.3, 0.4) is 0 Å². The zero-order valence-electron chi connectivity index (χ0n) is 10.7. The van der Waals surface area contributed by atoms with Crippen LogP contribution in [0.1, 0.15) is 20.3 Å². The topological polar surface area (TPSA) is 57.7 Å². The van der Waals surface area contributed by atoms with Crippen molar-refractivity contribution in [3.05, 3.63) is 12.7 Å². The standard InChI is InChI=1S/C12H18N2O3/c1-6-7-12(8(2)3)9(15)13(4)11(17)14(5)10(12)16/h6,8H,1,7H2,2-5H3. The Morgan fingerprint density at radius 1 is 1.18 bits per heavy atom. The van der Waals surface area contributed by atoms with E-state index in [0.717, 1.165) is 9.80 Å². The molecule has 5 nitrogen and oxygen atoms in total. The highest BCUT2D eigenvalue weighted by Gasteiger charge is 2.56. The lowest BCUT2D eigenvalue weighted by Crippen LogP contribution is -2.64. The number of nitrogens with zero attached hydrogens (tertiary/aromatic N) is 2. The van der Waals surface area contributed by atoms with Crippen LogP contribution in [0.2, 0.25) is 0 Å². The van der Waals surface area contributed by atoms with Crippen molar-refractivity contribution in [3.63, 3.8) is 0 Å². The van der Waals surface area contributed by atoms with Crippen LogP contribution in [0.4, 0.5) is 4.79 Å². The van der Waals surface area contributed by atoms with Crippen molar-refractivity contribution in [1.29, 1.82) is 0 Å². The van der Waals surface area contributed by atoms with Gasteiger partial charge in [0.15, 0.2) is 0 Å². The largest absolute Gasteiger partial charge is 0.332 e. The number of hydrogen-bond donors (Lipinski definition) is 0. The fraction of sp³-hybridized carbons (Fsp3) is 0.583. The van der Waals surface area contributed by atoms with Gasteiger partial charge >= 0.3 is 6.03 Å². The summed E-state index contributed by atoms with van der Waals surface area (Å²) in [6, 6.07) is -0.583. The highest BCUT2D eigenvalue weighted by Crippen LogP contribution is 2.39. The van der Waals surface area contributed by atoms with Crippen LogP contribution in [-0.2, 0) is 9.59 Å². The zero-order valence-corrected chi connectivity index (χ0v) is 10.7. The van der Waals surface area contributed by atoms with Gasteiger partial charge in [-0.25, -0.2) is 4.79 Å². The highest BCUT2D eigenvalue weighted by molar-refractivity contribution is 6.19. The molecule has 0 aromatic carbocycles. The Bertz CT molecular complexity index is 363. The third-order valence-electron chi connectivity index (χ3n) is 3.40. The quantitative estimate of drug-likeness (QED) is 0.549. The van der Waals surface area contributed by atoms with E-state index in [0.29, 0.717) is 0 Å². The number of barbiturate groups is 1. The summed E-state index contributed by atoms with van der Waals surface area (Å²) in [5, 5.41) is 0. The summed E-state index contributed by atoms with van der Waals surface area (Å²) in [6.45, 7) is 7.20. The summed E-state index contributed by atoms with van der Waals surface area (Å²) in [5.41, 5.74) is -1.20. The molecule has 1 saturated heterocycles. The first kappa shape index (κ1) is 13.4. The van der Waals surface area contributed by atoms with Crippen molar-refractivity contribution in [2.45, 2.75) is 20.3 Å². The van der Waals surface area contributed by atoms with E-state index in [1.165, 1.54) is 14.1 Å². The molecule has 0 aromatic rings. The van der Waals surface area contributed by atoms with Crippen LogP contribution in [0.15, 0.2) is 12.7 Å². The lowest BCUT2D eigenvalue weighted by atomic mass is 9.71. The molecule has 4 amide bonds. The minimum absolute atomic E-state index is 0.196. The Labute approximate surface area is 101 Å². The van der Waals surface area contributed by atoms with Crippen LogP contribution in [-0.4, -0.2) is 41.7 Å². The highest BCUT2D eigenvalue weighted by atomic mass is 16.2. The van der Waals surface area contributed by atoms with E-state index in [9.17, 15) is 14.4 Å². The van der Waals surface area contributed by atoms with Gasteiger partial charge in [-0.05, 0) is 12.3 Å². The molecule has 0 unspecified atom stereocenters. The third kappa shape index (κ3) is 1.66. The number of imide groups is 2. The van der Waals surface area contributed by atoms with Gasteiger partial charge < -0.3 is 0 Å². The Morgan fingerprint density at radius 2 is 1.59 bits per heavy atom. The maximum atomic E-state index is 12.3. The van der Waals surface area contributed by atoms with E-state index in [4.69, 9.17) is 0 Å². The Hall–Kier alpha value is -1.65. The van der Waals surface area contributed by atoms with E-state index in [1.807, 2.05) is 0 Å². The number of amides is 4. The molecule has 5 heteroatoms. The van der Waals surface area contributed by atoms with Crippen molar-refractivity contribution >= 4 is 17.8 Å². The molecule has 94 valence electrons. The smallest absolute Gasteiger partial charge is 0.273 e. The first-order valence-electron chi connectivity index (χ1n) is 5.51. The summed E-state index contributed by atoms with van der Waals surface area (Å²) >= 11 is 0. The maximum Gasteiger partial charge on any atom is 0.332 e. The lowest BCUT2D eigenvalue weighted by molar-refractivity contribution is -0.160. The predicted molar refractivity (Wildman–Crippen MR) is 63.0 cm³/mol. The zero-order chi connectivity index (χ0) is 13.4. The number of rotatable bonds is 3. The van der Waals surface area contributed by atoms with E-state index < -0.39 is 23.3 Å². The average Bonchev–Trinajstić information content (AvgIpc) is 2.29. The van der Waals surface area contributed by atoms with Gasteiger partial charge in [0, 0.05) is 14.1 Å². The SMILES string of the molecule is C=CCC1(C(C)C)C(=O)N(C)C(=O)N(C)C1=O. The molecule has 17 heavy (non-hydrogen) atoms. The van der Waals surface area contributed by atoms with Crippen LogP contribution in [0.5, 0.6) is 0 Å². The fourth-order valence-electron chi connectivity index (χ4n) is 2.22. The minimum atomic E-state index is -1.20. The normalized spacial score (nSPS) is 20.2. The Balaban J connectivity index is 3.36. The molecule has 0 N–H and O–H groups in total. The molecular formula is C12H18N2O3. The van der Waals surface area contributed by atoms with Gasteiger partial charge in [-0.15, -0.1) is 6.58 Å². The summed E-state index contributed by atoms with van der Waals surface area (Å²) in [5.74, 6) is -1.08. The average molecular weight is 238 g/mol. The first-order valence-corrected chi connectivity index (χ1v) is 5.51. The van der Waals surface area contributed by atoms with Gasteiger partial charge in [0.25, 0.3) is 0 Å². The molecule has 0 atom stereocenters. The molecular weight excluding hydrogens is 220 g/mol. The lowest BCUT2D eigenvalue weighted by Gasteiger charge is -2.43. The Morgan fingerprint density at radius 3 is 1.88 bits per heavy atom. The number of carbonyl (C=O) groups is 3. The van der Waals surface area contributed by atoms with Gasteiger partial charge in [-0.3, -0.25) is 19.4 Å². The second-order valence-electron chi connectivity index (χ2n) is 4.63. The van der Waals surface area contributed by atoms with Crippen molar-refractivity contribution < 1.29 is 14.4 Å². The van der Waals surface area contributed by atoms with Crippen molar-refractivity contribution in [1.82, 2.24) is 9.80 Å². The van der Waals surface area contributed by atoms with Crippen molar-refractivity contribution in [3.8, 4) is 0 Å². The number of urea groups is 1. The fourth-order valence-corrected chi connectivity index (χ4v) is 2.22. The monoisotopic (exact) mass is 238 g/mol. The van der Waals surface area contributed by atoms with Crippen LogP contribution in [0, 0.1) is 11.3 Å². The number of hydrogen-bond acceptors (Lipinski definition) is 3. The first-order chi connectivity index (χ1) is 7.80. The van der Waals surface area contributed by atoms with Gasteiger partial charge in [-0.2, -0.15) is 0 Å². The molecule has 1 heterocycles. The number of carbonyl (C=O) groups excluding carboxylic acids is 3. The summed E-state index contributed by atoms with van der Waals surface area (Å²) in [6.07, 6.45) is 1.79. The minimum Gasteiger partial charge on any atom is -0.273 e. The number of allylic oxidation sites excluding steroid dienone is 1. The van der Waals surface area contributed by atoms with Crippen molar-refractivity contribution in [2.75, 3.05) is 14.1 Å².